The molecule has 3 rings (SSSR count). The third-order valence-electron chi connectivity index (χ3n) is 3.29. The summed E-state index contributed by atoms with van der Waals surface area (Å²) in [7, 11) is 0. The van der Waals surface area contributed by atoms with E-state index in [4.69, 9.17) is 26.5 Å². The fourth-order valence-electron chi connectivity index (χ4n) is 2.26. The van der Waals surface area contributed by atoms with Crippen molar-refractivity contribution in [3.63, 3.8) is 0 Å². The van der Waals surface area contributed by atoms with E-state index in [0.717, 1.165) is 0 Å². The van der Waals surface area contributed by atoms with E-state index in [9.17, 15) is 4.79 Å². The fraction of sp³-hybridized carbons (Fsp3) is 0.188. The zero-order chi connectivity index (χ0) is 15.5. The number of halogens is 1. The third kappa shape index (κ3) is 2.86. The lowest BCUT2D eigenvalue weighted by molar-refractivity contribution is -0.117. The first-order chi connectivity index (χ1) is 10.7. The number of carbonyl (C=O) groups excluding carboxylic acids is 1. The molecular weight excluding hydrogens is 304 g/mol. The van der Waals surface area contributed by atoms with Crippen molar-refractivity contribution in [2.24, 2.45) is 5.73 Å². The van der Waals surface area contributed by atoms with Crippen LogP contribution in [0.4, 0.5) is 5.69 Å². The lowest BCUT2D eigenvalue weighted by Crippen LogP contribution is -2.38. The van der Waals surface area contributed by atoms with Gasteiger partial charge in [-0.1, -0.05) is 11.6 Å². The normalized spacial score (nSPS) is 15.8. The molecule has 22 heavy (non-hydrogen) atoms. The summed E-state index contributed by atoms with van der Waals surface area (Å²) in [5.74, 6) is 1.11. The van der Waals surface area contributed by atoms with Gasteiger partial charge in [-0.25, -0.2) is 0 Å². The Balaban J connectivity index is 2.00. The quantitative estimate of drug-likeness (QED) is 0.880. The Morgan fingerprint density at radius 2 is 2.18 bits per heavy atom. The van der Waals surface area contributed by atoms with Gasteiger partial charge in [0.2, 0.25) is 0 Å². The number of nitrogens with two attached hydrogens (primary N) is 1. The maximum Gasteiger partial charge on any atom is 0.294 e. The van der Waals surface area contributed by atoms with Crippen molar-refractivity contribution < 1.29 is 13.9 Å². The van der Waals surface area contributed by atoms with Crippen molar-refractivity contribution in [3.05, 3.63) is 53.1 Å². The molecule has 1 aliphatic rings. The Morgan fingerprint density at radius 1 is 1.32 bits per heavy atom. The molecule has 1 aromatic heterocycles. The van der Waals surface area contributed by atoms with Crippen LogP contribution in [0.15, 0.2) is 46.8 Å². The Labute approximate surface area is 132 Å². The van der Waals surface area contributed by atoms with Crippen LogP contribution in [0.3, 0.4) is 0 Å². The van der Waals surface area contributed by atoms with Gasteiger partial charge in [0.05, 0.1) is 12.0 Å². The lowest BCUT2D eigenvalue weighted by Gasteiger charge is -2.30. The van der Waals surface area contributed by atoms with Gasteiger partial charge in [0.25, 0.3) is 5.91 Å². The van der Waals surface area contributed by atoms with E-state index in [1.807, 2.05) is 0 Å². The number of hydrogen-bond donors (Lipinski definition) is 1. The van der Waals surface area contributed by atoms with Crippen LogP contribution in [0.1, 0.15) is 12.2 Å². The molecule has 0 fully saturated rings. The number of amides is 1. The first kappa shape index (κ1) is 14.7. The summed E-state index contributed by atoms with van der Waals surface area (Å²) >= 11 is 6.03. The molecule has 0 unspecified atom stereocenters. The standard InChI is InChI=1S/C16H15ClN2O3/c17-11-4-5-14-13(9-11)19(7-2-6-18)16(20)15(22-14)10-12-3-1-8-21-12/h1,3-5,8-10H,2,6-7,18H2/b15-10+. The second-order valence-electron chi connectivity index (χ2n) is 4.84. The molecular formula is C16H15ClN2O3. The number of hydrogen-bond acceptors (Lipinski definition) is 4. The Hall–Kier alpha value is -2.24. The monoisotopic (exact) mass is 318 g/mol. The first-order valence-corrected chi connectivity index (χ1v) is 7.31. The van der Waals surface area contributed by atoms with Crippen molar-refractivity contribution in [1.82, 2.24) is 0 Å². The Bertz CT molecular complexity index is 710. The molecule has 0 aliphatic carbocycles. The molecule has 5 nitrogen and oxygen atoms in total. The molecule has 0 saturated heterocycles. The van der Waals surface area contributed by atoms with E-state index in [1.54, 1.807) is 47.6 Å². The summed E-state index contributed by atoms with van der Waals surface area (Å²) in [5, 5.41) is 0.548. The van der Waals surface area contributed by atoms with Gasteiger partial charge in [-0.15, -0.1) is 0 Å². The van der Waals surface area contributed by atoms with Gasteiger partial charge < -0.3 is 19.8 Å². The highest BCUT2D eigenvalue weighted by Gasteiger charge is 2.30. The number of nitrogens with zero attached hydrogens (tertiary/aromatic N) is 1. The molecule has 114 valence electrons. The van der Waals surface area contributed by atoms with E-state index in [2.05, 4.69) is 0 Å². The van der Waals surface area contributed by atoms with Gasteiger partial charge in [-0.3, -0.25) is 4.79 Å². The molecule has 0 radical (unpaired) electrons. The summed E-state index contributed by atoms with van der Waals surface area (Å²) in [6, 6.07) is 8.69. The van der Waals surface area contributed by atoms with Gasteiger partial charge in [0, 0.05) is 17.6 Å². The summed E-state index contributed by atoms with van der Waals surface area (Å²) in [6.45, 7) is 0.999. The van der Waals surface area contributed by atoms with Crippen LogP contribution in [0.25, 0.3) is 6.08 Å². The van der Waals surface area contributed by atoms with Crippen LogP contribution < -0.4 is 15.4 Å². The molecule has 0 atom stereocenters. The number of rotatable bonds is 4. The van der Waals surface area contributed by atoms with Crippen LogP contribution in [0, 0.1) is 0 Å². The van der Waals surface area contributed by atoms with Crippen LogP contribution in [0.5, 0.6) is 5.75 Å². The van der Waals surface area contributed by atoms with Gasteiger partial charge in [-0.05, 0) is 43.3 Å². The number of furan rings is 1. The molecule has 2 N–H and O–H groups in total. The zero-order valence-electron chi connectivity index (χ0n) is 11.8. The van der Waals surface area contributed by atoms with Crippen molar-refractivity contribution in [3.8, 4) is 5.75 Å². The maximum absolute atomic E-state index is 12.6. The Morgan fingerprint density at radius 3 is 2.91 bits per heavy atom. The minimum Gasteiger partial charge on any atom is -0.465 e. The van der Waals surface area contributed by atoms with Crippen LogP contribution in [-0.2, 0) is 4.79 Å². The largest absolute Gasteiger partial charge is 0.465 e. The molecule has 1 aromatic carbocycles. The van der Waals surface area contributed by atoms with E-state index in [0.29, 0.717) is 41.7 Å². The summed E-state index contributed by atoms with van der Waals surface area (Å²) in [6.07, 6.45) is 3.81. The van der Waals surface area contributed by atoms with E-state index in [-0.39, 0.29) is 11.7 Å². The topological polar surface area (TPSA) is 68.7 Å². The highest BCUT2D eigenvalue weighted by molar-refractivity contribution is 6.31. The van der Waals surface area contributed by atoms with Gasteiger partial charge in [0.1, 0.15) is 5.76 Å². The summed E-state index contributed by atoms with van der Waals surface area (Å²) < 4.78 is 10.9. The van der Waals surface area contributed by atoms with E-state index >= 15 is 0 Å². The number of ether oxygens (including phenoxy) is 1. The second-order valence-corrected chi connectivity index (χ2v) is 5.27. The van der Waals surface area contributed by atoms with Gasteiger partial charge >= 0.3 is 0 Å². The fourth-order valence-corrected chi connectivity index (χ4v) is 2.42. The average molecular weight is 319 g/mol. The average Bonchev–Trinajstić information content (AvgIpc) is 3.01. The smallest absolute Gasteiger partial charge is 0.294 e. The predicted molar refractivity (Wildman–Crippen MR) is 84.8 cm³/mol. The zero-order valence-corrected chi connectivity index (χ0v) is 12.5. The van der Waals surface area contributed by atoms with Crippen LogP contribution >= 0.6 is 11.6 Å². The minimum atomic E-state index is -0.236. The van der Waals surface area contributed by atoms with Crippen molar-refractivity contribution in [1.29, 1.82) is 0 Å². The van der Waals surface area contributed by atoms with Crippen molar-refractivity contribution in [2.45, 2.75) is 6.42 Å². The number of benzene rings is 1. The highest BCUT2D eigenvalue weighted by atomic mass is 35.5. The molecule has 0 spiro atoms. The van der Waals surface area contributed by atoms with Crippen LogP contribution in [-0.4, -0.2) is 19.0 Å². The van der Waals surface area contributed by atoms with E-state index in [1.165, 1.54) is 0 Å². The molecule has 0 bridgehead atoms. The van der Waals surface area contributed by atoms with Crippen molar-refractivity contribution >= 4 is 29.3 Å². The molecule has 6 heteroatoms. The lowest BCUT2D eigenvalue weighted by atomic mass is 10.2. The van der Waals surface area contributed by atoms with Crippen LogP contribution in [0.2, 0.25) is 5.02 Å². The van der Waals surface area contributed by atoms with Gasteiger partial charge in [-0.2, -0.15) is 0 Å². The van der Waals surface area contributed by atoms with Gasteiger partial charge in [0.15, 0.2) is 11.5 Å². The molecule has 0 saturated carbocycles. The molecule has 2 heterocycles. The highest BCUT2D eigenvalue weighted by Crippen LogP contribution is 2.37. The number of anilines is 1. The second kappa shape index (κ2) is 6.25. The Kier molecular flexibility index (Phi) is 4.18. The molecule has 2 aromatic rings. The van der Waals surface area contributed by atoms with Crippen molar-refractivity contribution in [2.75, 3.05) is 18.0 Å². The van der Waals surface area contributed by atoms with E-state index < -0.39 is 0 Å². The summed E-state index contributed by atoms with van der Waals surface area (Å²) in [5.41, 5.74) is 6.22. The number of fused-ring (bicyclic) bond motifs is 1. The molecule has 1 amide bonds. The number of carbonyl (C=O) groups is 1. The first-order valence-electron chi connectivity index (χ1n) is 6.93. The minimum absolute atomic E-state index is 0.210. The predicted octanol–water partition coefficient (Wildman–Crippen LogP) is 3.05. The maximum atomic E-state index is 12.6. The third-order valence-corrected chi connectivity index (χ3v) is 3.53. The molecule has 1 aliphatic heterocycles. The summed E-state index contributed by atoms with van der Waals surface area (Å²) in [4.78, 5) is 14.3. The SMILES string of the molecule is NCCCN1C(=O)/C(=C\c2ccco2)Oc2ccc(Cl)cc21.